The van der Waals surface area contributed by atoms with E-state index in [0.717, 1.165) is 32.4 Å². The van der Waals surface area contributed by atoms with E-state index >= 15 is 0 Å². The quantitative estimate of drug-likeness (QED) is 0.677. The molecule has 0 saturated carbocycles. The minimum atomic E-state index is -0.178. The molecule has 1 fully saturated rings. The largest absolute Gasteiger partial charge is 0.393 e. The fourth-order valence-corrected chi connectivity index (χ4v) is 1.94. The van der Waals surface area contributed by atoms with Gasteiger partial charge in [-0.2, -0.15) is 0 Å². The van der Waals surface area contributed by atoms with Gasteiger partial charge >= 0.3 is 0 Å². The van der Waals surface area contributed by atoms with Crippen molar-refractivity contribution < 1.29 is 5.11 Å². The van der Waals surface area contributed by atoms with Gasteiger partial charge in [-0.3, -0.25) is 0 Å². The van der Waals surface area contributed by atoms with Crippen LogP contribution in [0, 0.1) is 0 Å². The number of hydrogen-bond donors (Lipinski definition) is 2. The lowest BCUT2D eigenvalue weighted by Gasteiger charge is -2.36. The Balaban J connectivity index is 2.25. The highest BCUT2D eigenvalue weighted by molar-refractivity contribution is 4.80. The normalized spacial score (nSPS) is 33.2. The minimum Gasteiger partial charge on any atom is -0.393 e. The Kier molecular flexibility index (Phi) is 4.16. The van der Waals surface area contributed by atoms with Gasteiger partial charge < -0.3 is 15.7 Å². The Morgan fingerprint density at radius 3 is 2.85 bits per heavy atom. The molecule has 0 amide bonds. The first-order valence-corrected chi connectivity index (χ1v) is 5.27. The molecule has 3 unspecified atom stereocenters. The summed E-state index contributed by atoms with van der Waals surface area (Å²) in [7, 11) is 0. The van der Waals surface area contributed by atoms with Gasteiger partial charge in [-0.15, -0.1) is 0 Å². The average molecular weight is 186 g/mol. The van der Waals surface area contributed by atoms with E-state index in [9.17, 15) is 0 Å². The van der Waals surface area contributed by atoms with Crippen LogP contribution in [0.5, 0.6) is 0 Å². The predicted octanol–water partition coefficient (Wildman–Crippen LogP) is 0.569. The van der Waals surface area contributed by atoms with E-state index in [-0.39, 0.29) is 6.10 Å². The van der Waals surface area contributed by atoms with Crippen molar-refractivity contribution in [2.45, 2.75) is 51.3 Å². The van der Waals surface area contributed by atoms with Crippen LogP contribution in [0.3, 0.4) is 0 Å². The minimum absolute atomic E-state index is 0.178. The zero-order valence-electron chi connectivity index (χ0n) is 8.74. The van der Waals surface area contributed by atoms with Crippen LogP contribution < -0.4 is 5.73 Å². The number of aliphatic hydroxyl groups is 1. The molecule has 3 atom stereocenters. The first kappa shape index (κ1) is 11.0. The molecule has 1 aliphatic rings. The molecule has 13 heavy (non-hydrogen) atoms. The zero-order valence-corrected chi connectivity index (χ0v) is 8.74. The van der Waals surface area contributed by atoms with Crippen molar-refractivity contribution in [1.82, 2.24) is 4.90 Å². The van der Waals surface area contributed by atoms with Gasteiger partial charge in [0.1, 0.15) is 0 Å². The molecule has 3 heteroatoms. The lowest BCUT2D eigenvalue weighted by atomic mass is 9.99. The number of likely N-dealkylation sites (tertiary alicyclic amines) is 1. The fourth-order valence-electron chi connectivity index (χ4n) is 1.94. The molecule has 0 radical (unpaired) electrons. The van der Waals surface area contributed by atoms with Gasteiger partial charge in [-0.05, 0) is 39.7 Å². The first-order chi connectivity index (χ1) is 6.09. The van der Waals surface area contributed by atoms with Crippen molar-refractivity contribution in [2.75, 3.05) is 13.1 Å². The number of piperidine rings is 1. The van der Waals surface area contributed by atoms with Crippen molar-refractivity contribution in [3.05, 3.63) is 0 Å². The molecule has 0 aromatic carbocycles. The summed E-state index contributed by atoms with van der Waals surface area (Å²) in [6.07, 6.45) is 2.89. The number of aliphatic hydroxyl groups excluding tert-OH is 1. The number of hydrogen-bond acceptors (Lipinski definition) is 3. The van der Waals surface area contributed by atoms with Crippen molar-refractivity contribution in [2.24, 2.45) is 5.73 Å². The molecule has 0 aliphatic carbocycles. The maximum atomic E-state index is 9.17. The van der Waals surface area contributed by atoms with Crippen molar-refractivity contribution >= 4 is 0 Å². The third-order valence-electron chi connectivity index (χ3n) is 2.89. The number of rotatable bonds is 3. The molecule has 1 saturated heterocycles. The highest BCUT2D eigenvalue weighted by Crippen LogP contribution is 2.16. The highest BCUT2D eigenvalue weighted by Gasteiger charge is 2.22. The average Bonchev–Trinajstić information content (AvgIpc) is 2.02. The molecular formula is C10H22N2O. The second-order valence-corrected chi connectivity index (χ2v) is 4.31. The summed E-state index contributed by atoms with van der Waals surface area (Å²) < 4.78 is 0. The Bertz CT molecular complexity index is 150. The molecule has 0 bridgehead atoms. The predicted molar refractivity (Wildman–Crippen MR) is 54.5 cm³/mol. The molecular weight excluding hydrogens is 164 g/mol. The van der Waals surface area contributed by atoms with Gasteiger partial charge in [0.05, 0.1) is 6.10 Å². The van der Waals surface area contributed by atoms with Crippen LogP contribution in [0.2, 0.25) is 0 Å². The van der Waals surface area contributed by atoms with Crippen LogP contribution in [0.15, 0.2) is 0 Å². The van der Waals surface area contributed by atoms with Gasteiger partial charge in [0.25, 0.3) is 0 Å². The number of nitrogens with zero attached hydrogens (tertiary/aromatic N) is 1. The summed E-state index contributed by atoms with van der Waals surface area (Å²) in [5.74, 6) is 0. The Hall–Kier alpha value is -0.120. The standard InChI is InChI=1S/C10H22N2O/c1-8-7-10(11)4-6-12(8)5-3-9(2)13/h8-10,13H,3-7,11H2,1-2H3. The van der Waals surface area contributed by atoms with Crippen LogP contribution in [-0.2, 0) is 0 Å². The summed E-state index contributed by atoms with van der Waals surface area (Å²) >= 11 is 0. The van der Waals surface area contributed by atoms with Gasteiger partial charge in [0.15, 0.2) is 0 Å². The summed E-state index contributed by atoms with van der Waals surface area (Å²) in [5, 5.41) is 9.17. The van der Waals surface area contributed by atoms with Crippen molar-refractivity contribution in [1.29, 1.82) is 0 Å². The topological polar surface area (TPSA) is 49.5 Å². The molecule has 0 aromatic heterocycles. The third-order valence-corrected chi connectivity index (χ3v) is 2.89. The smallest absolute Gasteiger partial charge is 0.0524 e. The van der Waals surface area contributed by atoms with Crippen LogP contribution in [0.1, 0.15) is 33.1 Å². The van der Waals surface area contributed by atoms with Crippen LogP contribution >= 0.6 is 0 Å². The van der Waals surface area contributed by atoms with E-state index in [4.69, 9.17) is 10.8 Å². The van der Waals surface area contributed by atoms with Gasteiger partial charge in [-0.1, -0.05) is 0 Å². The van der Waals surface area contributed by atoms with Gasteiger partial charge in [0, 0.05) is 18.6 Å². The molecule has 3 nitrogen and oxygen atoms in total. The SMILES string of the molecule is CC(O)CCN1CCC(N)CC1C. The van der Waals surface area contributed by atoms with E-state index < -0.39 is 0 Å². The van der Waals surface area contributed by atoms with E-state index in [0.29, 0.717) is 12.1 Å². The Morgan fingerprint density at radius 1 is 1.62 bits per heavy atom. The number of nitrogens with two attached hydrogens (primary N) is 1. The van der Waals surface area contributed by atoms with E-state index in [1.807, 2.05) is 6.92 Å². The molecule has 78 valence electrons. The maximum Gasteiger partial charge on any atom is 0.0524 e. The van der Waals surface area contributed by atoms with Crippen LogP contribution in [0.4, 0.5) is 0 Å². The van der Waals surface area contributed by atoms with Gasteiger partial charge in [0.2, 0.25) is 0 Å². The molecule has 1 heterocycles. The summed E-state index contributed by atoms with van der Waals surface area (Å²) in [5.41, 5.74) is 5.87. The van der Waals surface area contributed by atoms with Crippen molar-refractivity contribution in [3.8, 4) is 0 Å². The third kappa shape index (κ3) is 3.63. The molecule has 3 N–H and O–H groups in total. The summed E-state index contributed by atoms with van der Waals surface area (Å²) in [4.78, 5) is 2.43. The molecule has 0 spiro atoms. The lowest BCUT2D eigenvalue weighted by Crippen LogP contribution is -2.46. The second-order valence-electron chi connectivity index (χ2n) is 4.31. The van der Waals surface area contributed by atoms with Crippen LogP contribution in [-0.4, -0.2) is 41.3 Å². The molecule has 0 aromatic rings. The highest BCUT2D eigenvalue weighted by atomic mass is 16.3. The monoisotopic (exact) mass is 186 g/mol. The Morgan fingerprint density at radius 2 is 2.31 bits per heavy atom. The van der Waals surface area contributed by atoms with E-state index in [1.165, 1.54) is 0 Å². The summed E-state index contributed by atoms with van der Waals surface area (Å²) in [6, 6.07) is 0.972. The fraction of sp³-hybridized carbons (Fsp3) is 1.00. The second kappa shape index (κ2) is 4.94. The zero-order chi connectivity index (χ0) is 9.84. The van der Waals surface area contributed by atoms with E-state index in [2.05, 4.69) is 11.8 Å². The van der Waals surface area contributed by atoms with E-state index in [1.54, 1.807) is 0 Å². The Labute approximate surface area is 80.9 Å². The van der Waals surface area contributed by atoms with Crippen molar-refractivity contribution in [3.63, 3.8) is 0 Å². The summed E-state index contributed by atoms with van der Waals surface area (Å²) in [6.45, 7) is 6.17. The molecule has 1 aliphatic heterocycles. The maximum absolute atomic E-state index is 9.17. The van der Waals surface area contributed by atoms with Gasteiger partial charge in [-0.25, -0.2) is 0 Å². The first-order valence-electron chi connectivity index (χ1n) is 5.27. The van der Waals surface area contributed by atoms with Crippen LogP contribution in [0.25, 0.3) is 0 Å². The lowest BCUT2D eigenvalue weighted by molar-refractivity contribution is 0.111. The molecule has 1 rings (SSSR count).